The van der Waals surface area contributed by atoms with Gasteiger partial charge in [0.05, 0.1) is 29.3 Å². The predicted molar refractivity (Wildman–Crippen MR) is 172 cm³/mol. The van der Waals surface area contributed by atoms with E-state index in [4.69, 9.17) is 9.47 Å². The topological polar surface area (TPSA) is 140 Å². The fourth-order valence-corrected chi connectivity index (χ4v) is 5.48. The third-order valence-corrected chi connectivity index (χ3v) is 7.84. The van der Waals surface area contributed by atoms with Crippen LogP contribution in [-0.2, 0) is 11.2 Å². The molecule has 0 unspecified atom stereocenters. The summed E-state index contributed by atoms with van der Waals surface area (Å²) in [5.74, 6) is 0.256. The first-order chi connectivity index (χ1) is 22.4. The number of fused-ring (bicyclic) bond motifs is 1. The zero-order valence-electron chi connectivity index (χ0n) is 24.9. The lowest BCUT2D eigenvalue weighted by Gasteiger charge is -2.29. The number of nitrogens with zero attached hydrogens (tertiary/aromatic N) is 2. The smallest absolute Gasteiger partial charge is 0.337 e. The molecule has 0 radical (unpaired) electrons. The van der Waals surface area contributed by atoms with Crippen LogP contribution in [0, 0.1) is 0 Å². The summed E-state index contributed by atoms with van der Waals surface area (Å²) >= 11 is 0. The van der Waals surface area contributed by atoms with E-state index in [1.54, 1.807) is 61.1 Å². The molecule has 0 aliphatic heterocycles. The molecule has 10 heteroatoms. The van der Waals surface area contributed by atoms with Gasteiger partial charge in [0.15, 0.2) is 0 Å². The lowest BCUT2D eigenvalue weighted by atomic mass is 9.92. The van der Waals surface area contributed by atoms with Gasteiger partial charge in [-0.15, -0.1) is 0 Å². The fraction of sp³-hybridized carbons (Fsp3) is 0.194. The largest absolute Gasteiger partial charge is 0.490 e. The number of anilines is 1. The van der Waals surface area contributed by atoms with Crippen molar-refractivity contribution in [2.45, 2.75) is 44.2 Å². The van der Waals surface area contributed by atoms with Gasteiger partial charge < -0.3 is 25.2 Å². The number of hydrogen-bond acceptors (Lipinski definition) is 7. The van der Waals surface area contributed by atoms with Gasteiger partial charge >= 0.3 is 5.97 Å². The number of para-hydroxylation sites is 1. The van der Waals surface area contributed by atoms with E-state index in [1.165, 1.54) is 6.07 Å². The fourth-order valence-electron chi connectivity index (χ4n) is 5.48. The van der Waals surface area contributed by atoms with Crippen LogP contribution in [0.5, 0.6) is 17.4 Å². The molecule has 3 aromatic carbocycles. The van der Waals surface area contributed by atoms with Crippen LogP contribution < -0.4 is 20.1 Å². The van der Waals surface area contributed by atoms with Crippen LogP contribution in [0.25, 0.3) is 10.8 Å². The third kappa shape index (κ3) is 7.65. The van der Waals surface area contributed by atoms with Crippen molar-refractivity contribution in [1.82, 2.24) is 15.3 Å². The van der Waals surface area contributed by atoms with Gasteiger partial charge in [-0.05, 0) is 90.6 Å². The molecule has 3 N–H and O–H groups in total. The van der Waals surface area contributed by atoms with Gasteiger partial charge in [0.1, 0.15) is 11.5 Å². The SMILES string of the molecule is O=C(Cc1ccc(Oc2ccc3cc(OC4CCC(NC(=O)c5cccnc5)CC4)ccc3c2)nc1)Nc1ccccc1C(=O)O. The zero-order valence-corrected chi connectivity index (χ0v) is 24.9. The first kappa shape index (κ1) is 30.3. The minimum absolute atomic E-state index is 0.0281. The number of carboxylic acids is 1. The Kier molecular flexibility index (Phi) is 9.14. The average Bonchev–Trinajstić information content (AvgIpc) is 3.07. The van der Waals surface area contributed by atoms with E-state index in [0.29, 0.717) is 22.8 Å². The van der Waals surface area contributed by atoms with Crippen molar-refractivity contribution in [3.63, 3.8) is 0 Å². The molecule has 1 fully saturated rings. The Morgan fingerprint density at radius 2 is 1.59 bits per heavy atom. The standard InChI is InChI=1S/C36H32N4O6/c41-33(40-32-6-2-1-5-31(32)36(43)44)18-23-7-16-34(38-21-23)46-30-13-9-24-19-29(12-8-25(24)20-30)45-28-14-10-27(11-15-28)39-35(42)26-4-3-17-37-22-26/h1-9,12-13,16-17,19-22,27-28H,10-11,14-15,18H2,(H,39,42)(H,40,41)(H,43,44). The number of carboxylic acid groups (broad SMARTS) is 1. The molecular formula is C36H32N4O6. The Hall–Kier alpha value is -5.77. The number of amides is 2. The quantitative estimate of drug-likeness (QED) is 0.163. The molecule has 1 aliphatic carbocycles. The average molecular weight is 617 g/mol. The number of nitrogens with one attached hydrogen (secondary N) is 2. The van der Waals surface area contributed by atoms with Gasteiger partial charge in [-0.2, -0.15) is 0 Å². The van der Waals surface area contributed by atoms with Gasteiger partial charge in [-0.1, -0.05) is 30.3 Å². The summed E-state index contributed by atoms with van der Waals surface area (Å²) in [6, 6.07) is 25.1. The highest BCUT2D eigenvalue weighted by Gasteiger charge is 2.24. The number of ether oxygens (including phenoxy) is 2. The van der Waals surface area contributed by atoms with Crippen LogP contribution in [-0.4, -0.2) is 45.0 Å². The van der Waals surface area contributed by atoms with Gasteiger partial charge in [0, 0.05) is 30.7 Å². The number of aromatic carboxylic acids is 1. The van der Waals surface area contributed by atoms with Crippen molar-refractivity contribution in [3.05, 3.63) is 120 Å². The lowest BCUT2D eigenvalue weighted by molar-refractivity contribution is -0.115. The second kappa shape index (κ2) is 13.9. The highest BCUT2D eigenvalue weighted by molar-refractivity contribution is 6.01. The van der Waals surface area contributed by atoms with E-state index < -0.39 is 5.97 Å². The molecule has 1 saturated carbocycles. The number of aromatic nitrogens is 2. The van der Waals surface area contributed by atoms with Crippen molar-refractivity contribution in [1.29, 1.82) is 0 Å². The number of rotatable bonds is 10. The van der Waals surface area contributed by atoms with Crippen molar-refractivity contribution in [2.75, 3.05) is 5.32 Å². The van der Waals surface area contributed by atoms with Gasteiger partial charge in [-0.25, -0.2) is 9.78 Å². The zero-order chi connectivity index (χ0) is 31.9. The normalized spacial score (nSPS) is 15.9. The minimum atomic E-state index is -1.11. The molecule has 0 bridgehead atoms. The Labute approximate surface area is 265 Å². The summed E-state index contributed by atoms with van der Waals surface area (Å²) in [7, 11) is 0. The van der Waals surface area contributed by atoms with E-state index in [-0.39, 0.29) is 41.6 Å². The highest BCUT2D eigenvalue weighted by Crippen LogP contribution is 2.30. The summed E-state index contributed by atoms with van der Waals surface area (Å²) in [6.45, 7) is 0. The predicted octanol–water partition coefficient (Wildman–Crippen LogP) is 6.42. The van der Waals surface area contributed by atoms with Crippen molar-refractivity contribution in [2.24, 2.45) is 0 Å². The molecule has 232 valence electrons. The third-order valence-electron chi connectivity index (χ3n) is 7.84. The second-order valence-electron chi connectivity index (χ2n) is 11.2. The minimum Gasteiger partial charge on any atom is -0.490 e. The van der Waals surface area contributed by atoms with Crippen LogP contribution in [0.4, 0.5) is 5.69 Å². The second-order valence-corrected chi connectivity index (χ2v) is 11.2. The molecule has 2 aromatic heterocycles. The Morgan fingerprint density at radius 1 is 0.826 bits per heavy atom. The first-order valence-corrected chi connectivity index (χ1v) is 15.1. The monoisotopic (exact) mass is 616 g/mol. The first-order valence-electron chi connectivity index (χ1n) is 15.1. The molecule has 5 aromatic rings. The molecule has 10 nitrogen and oxygen atoms in total. The van der Waals surface area contributed by atoms with Crippen LogP contribution in [0.2, 0.25) is 0 Å². The van der Waals surface area contributed by atoms with Crippen molar-refractivity contribution in [3.8, 4) is 17.4 Å². The maximum atomic E-state index is 12.5. The summed E-state index contributed by atoms with van der Waals surface area (Å²) in [5, 5.41) is 17.1. The molecule has 0 spiro atoms. The van der Waals surface area contributed by atoms with Gasteiger partial charge in [0.2, 0.25) is 11.8 Å². The molecule has 2 amide bonds. The van der Waals surface area contributed by atoms with Crippen LogP contribution >= 0.6 is 0 Å². The Balaban J connectivity index is 0.995. The van der Waals surface area contributed by atoms with Gasteiger partial charge in [-0.3, -0.25) is 14.6 Å². The number of carbonyl (C=O) groups is 3. The Bertz CT molecular complexity index is 1850. The number of benzene rings is 3. The summed E-state index contributed by atoms with van der Waals surface area (Å²) in [6.07, 6.45) is 8.34. The lowest BCUT2D eigenvalue weighted by Crippen LogP contribution is -2.39. The maximum Gasteiger partial charge on any atom is 0.337 e. The number of pyridine rings is 2. The molecule has 6 rings (SSSR count). The van der Waals surface area contributed by atoms with E-state index in [1.807, 2.05) is 36.4 Å². The number of hydrogen-bond donors (Lipinski definition) is 3. The maximum absolute atomic E-state index is 12.5. The summed E-state index contributed by atoms with van der Waals surface area (Å²) < 4.78 is 12.3. The van der Waals surface area contributed by atoms with Crippen molar-refractivity contribution >= 4 is 34.2 Å². The molecular weight excluding hydrogens is 584 g/mol. The molecule has 46 heavy (non-hydrogen) atoms. The number of carbonyl (C=O) groups excluding carboxylic acids is 2. The van der Waals surface area contributed by atoms with Crippen molar-refractivity contribution < 1.29 is 29.0 Å². The molecule has 2 heterocycles. The van der Waals surface area contributed by atoms with Crippen LogP contribution in [0.1, 0.15) is 52.0 Å². The summed E-state index contributed by atoms with van der Waals surface area (Å²) in [5.41, 5.74) is 1.50. The Morgan fingerprint density at radius 3 is 2.30 bits per heavy atom. The van der Waals surface area contributed by atoms with Crippen LogP contribution in [0.15, 0.2) is 104 Å². The van der Waals surface area contributed by atoms with E-state index in [0.717, 1.165) is 42.2 Å². The van der Waals surface area contributed by atoms with E-state index in [9.17, 15) is 19.5 Å². The highest BCUT2D eigenvalue weighted by atomic mass is 16.5. The van der Waals surface area contributed by atoms with Gasteiger partial charge in [0.25, 0.3) is 5.91 Å². The summed E-state index contributed by atoms with van der Waals surface area (Å²) in [4.78, 5) is 44.7. The van der Waals surface area contributed by atoms with E-state index in [2.05, 4.69) is 20.6 Å². The molecule has 0 saturated heterocycles. The van der Waals surface area contributed by atoms with E-state index >= 15 is 0 Å². The molecule has 1 aliphatic rings. The van der Waals surface area contributed by atoms with Crippen LogP contribution in [0.3, 0.4) is 0 Å². The molecule has 0 atom stereocenters.